The van der Waals surface area contributed by atoms with Crippen LogP contribution in [-0.4, -0.2) is 69.5 Å². The lowest BCUT2D eigenvalue weighted by Crippen LogP contribution is -2.51. The second-order valence-electron chi connectivity index (χ2n) is 13.4. The summed E-state index contributed by atoms with van der Waals surface area (Å²) in [7, 11) is -0.601. The van der Waals surface area contributed by atoms with Gasteiger partial charge in [-0.05, 0) is 108 Å². The SMILES string of the molecule is CCc1c(-c2ccc(NC(=O)C(NC(=O)OC(C)(C)C)C(C3CC3)C3CC3)cn2)c(C)nn1COCCS(C)(C)C. The fraction of sp³-hybridized carbons (Fsp3) is 0.677. The molecular weight excluding hydrogens is 538 g/mol. The number of pyridine rings is 1. The Balaban J connectivity index is 1.46. The largest absolute Gasteiger partial charge is 0.444 e. The van der Waals surface area contributed by atoms with E-state index in [1.54, 1.807) is 6.20 Å². The summed E-state index contributed by atoms with van der Waals surface area (Å²) in [5.41, 5.74) is 3.74. The number of carbonyl (C=O) groups is 2. The third-order valence-electron chi connectivity index (χ3n) is 7.58. The van der Waals surface area contributed by atoms with Gasteiger partial charge in [0.1, 0.15) is 18.4 Å². The topological polar surface area (TPSA) is 107 Å². The van der Waals surface area contributed by atoms with Gasteiger partial charge in [0.15, 0.2) is 0 Å². The van der Waals surface area contributed by atoms with Crippen LogP contribution in [0.3, 0.4) is 0 Å². The van der Waals surface area contributed by atoms with Gasteiger partial charge in [-0.25, -0.2) is 19.5 Å². The number of anilines is 1. The van der Waals surface area contributed by atoms with Gasteiger partial charge in [-0.3, -0.25) is 9.78 Å². The smallest absolute Gasteiger partial charge is 0.408 e. The fourth-order valence-electron chi connectivity index (χ4n) is 5.39. The summed E-state index contributed by atoms with van der Waals surface area (Å²) in [5.74, 6) is 1.91. The first-order valence-electron chi connectivity index (χ1n) is 14.8. The normalized spacial score (nSPS) is 16.9. The van der Waals surface area contributed by atoms with Crippen molar-refractivity contribution in [3.05, 3.63) is 29.7 Å². The Bertz CT molecular complexity index is 1190. The van der Waals surface area contributed by atoms with Crippen molar-refractivity contribution >= 4 is 27.7 Å². The van der Waals surface area contributed by atoms with Gasteiger partial charge in [-0.2, -0.15) is 5.10 Å². The number of carbonyl (C=O) groups excluding carboxylic acids is 2. The van der Waals surface area contributed by atoms with Crippen LogP contribution in [0.25, 0.3) is 11.3 Å². The molecular formula is C31H49N5O4S. The van der Waals surface area contributed by atoms with E-state index in [4.69, 9.17) is 19.6 Å². The first kappa shape index (κ1) is 31.3. The molecule has 0 saturated heterocycles. The van der Waals surface area contributed by atoms with E-state index in [1.165, 1.54) is 0 Å². The summed E-state index contributed by atoms with van der Waals surface area (Å²) in [4.78, 5) is 31.0. The zero-order valence-corrected chi connectivity index (χ0v) is 26.9. The minimum Gasteiger partial charge on any atom is -0.444 e. The molecule has 2 amide bonds. The van der Waals surface area contributed by atoms with Gasteiger partial charge in [-0.15, -0.1) is 0 Å². The molecule has 2 aromatic heterocycles. The number of rotatable bonds is 13. The summed E-state index contributed by atoms with van der Waals surface area (Å²) < 4.78 is 13.4. The first-order chi connectivity index (χ1) is 19.3. The van der Waals surface area contributed by atoms with Gasteiger partial charge >= 0.3 is 6.09 Å². The van der Waals surface area contributed by atoms with Crippen molar-refractivity contribution in [2.75, 3.05) is 36.4 Å². The number of amides is 2. The second kappa shape index (κ2) is 12.7. The maximum atomic E-state index is 13.6. The Morgan fingerprint density at radius 3 is 2.29 bits per heavy atom. The van der Waals surface area contributed by atoms with Crippen molar-refractivity contribution < 1.29 is 19.1 Å². The Morgan fingerprint density at radius 1 is 1.12 bits per heavy atom. The van der Waals surface area contributed by atoms with E-state index in [0.29, 0.717) is 24.3 Å². The molecule has 4 rings (SSSR count). The first-order valence-corrected chi connectivity index (χ1v) is 17.8. The zero-order chi connectivity index (χ0) is 29.9. The summed E-state index contributed by atoms with van der Waals surface area (Å²) >= 11 is 0. The van der Waals surface area contributed by atoms with Gasteiger partial charge in [0.2, 0.25) is 5.91 Å². The molecule has 0 bridgehead atoms. The van der Waals surface area contributed by atoms with E-state index in [9.17, 15) is 9.59 Å². The molecule has 228 valence electrons. The van der Waals surface area contributed by atoms with Crippen molar-refractivity contribution in [3.8, 4) is 11.3 Å². The van der Waals surface area contributed by atoms with Gasteiger partial charge in [0.25, 0.3) is 0 Å². The second-order valence-corrected chi connectivity index (χ2v) is 18.0. The minimum absolute atomic E-state index is 0.127. The number of alkyl carbamates (subject to hydrolysis) is 1. The molecule has 2 heterocycles. The number of ether oxygens (including phenoxy) is 2. The molecule has 0 aliphatic heterocycles. The number of hydrogen-bond acceptors (Lipinski definition) is 6. The van der Waals surface area contributed by atoms with E-state index in [0.717, 1.165) is 67.1 Å². The predicted molar refractivity (Wildman–Crippen MR) is 166 cm³/mol. The highest BCUT2D eigenvalue weighted by Gasteiger charge is 2.48. The van der Waals surface area contributed by atoms with E-state index in [1.807, 2.05) is 44.5 Å². The molecule has 2 fully saturated rings. The van der Waals surface area contributed by atoms with E-state index in [2.05, 4.69) is 36.3 Å². The molecule has 10 heteroatoms. The van der Waals surface area contributed by atoms with Crippen LogP contribution in [0.1, 0.15) is 64.8 Å². The molecule has 1 unspecified atom stereocenters. The predicted octanol–water partition coefficient (Wildman–Crippen LogP) is 5.75. The third-order valence-corrected chi connectivity index (χ3v) is 8.97. The number of aromatic nitrogens is 3. The van der Waals surface area contributed by atoms with Crippen molar-refractivity contribution in [2.24, 2.45) is 17.8 Å². The Labute approximate surface area is 246 Å². The van der Waals surface area contributed by atoms with Gasteiger partial charge in [0.05, 0.1) is 35.6 Å². The average molecular weight is 588 g/mol. The third kappa shape index (κ3) is 8.95. The summed E-state index contributed by atoms with van der Waals surface area (Å²) in [6.07, 6.45) is 13.2. The number of aryl methyl sites for hydroxylation is 1. The van der Waals surface area contributed by atoms with E-state index >= 15 is 0 Å². The zero-order valence-electron chi connectivity index (χ0n) is 26.1. The fourth-order valence-corrected chi connectivity index (χ4v) is 6.00. The molecule has 2 aromatic rings. The lowest BCUT2D eigenvalue weighted by atomic mass is 9.88. The van der Waals surface area contributed by atoms with E-state index < -0.39 is 27.8 Å². The Kier molecular flexibility index (Phi) is 9.74. The molecule has 2 aliphatic carbocycles. The van der Waals surface area contributed by atoms with Crippen molar-refractivity contribution in [2.45, 2.75) is 85.1 Å². The van der Waals surface area contributed by atoms with Crippen LogP contribution < -0.4 is 10.6 Å². The van der Waals surface area contributed by atoms with Crippen LogP contribution in [0, 0.1) is 24.7 Å². The van der Waals surface area contributed by atoms with Crippen LogP contribution in [-0.2, 0) is 27.4 Å². The van der Waals surface area contributed by atoms with Crippen molar-refractivity contribution in [1.82, 2.24) is 20.1 Å². The van der Waals surface area contributed by atoms with Crippen molar-refractivity contribution in [1.29, 1.82) is 0 Å². The van der Waals surface area contributed by atoms with Gasteiger partial charge in [-0.1, -0.05) is 6.92 Å². The molecule has 2 aliphatic rings. The quantitative estimate of drug-likeness (QED) is 0.289. The maximum absolute atomic E-state index is 13.6. The number of nitrogens with one attached hydrogen (secondary N) is 2. The summed E-state index contributed by atoms with van der Waals surface area (Å²) in [6.45, 7) is 10.7. The van der Waals surface area contributed by atoms with Gasteiger partial charge < -0.3 is 20.1 Å². The molecule has 1 atom stereocenters. The van der Waals surface area contributed by atoms with Crippen molar-refractivity contribution in [3.63, 3.8) is 0 Å². The lowest BCUT2D eigenvalue weighted by molar-refractivity contribution is -0.120. The molecule has 9 nitrogen and oxygen atoms in total. The summed E-state index contributed by atoms with van der Waals surface area (Å²) in [6, 6.07) is 3.15. The van der Waals surface area contributed by atoms with Crippen LogP contribution in [0.5, 0.6) is 0 Å². The molecule has 2 N–H and O–H groups in total. The number of nitrogens with zero attached hydrogens (tertiary/aromatic N) is 3. The van der Waals surface area contributed by atoms with Gasteiger partial charge in [0, 0.05) is 11.3 Å². The highest BCUT2D eigenvalue weighted by Crippen LogP contribution is 2.51. The monoisotopic (exact) mass is 587 g/mol. The highest BCUT2D eigenvalue weighted by molar-refractivity contribution is 8.32. The Hall–Kier alpha value is -2.59. The summed E-state index contributed by atoms with van der Waals surface area (Å²) in [5, 5.41) is 10.7. The minimum atomic E-state index is -0.642. The lowest BCUT2D eigenvalue weighted by Gasteiger charge is -2.29. The average Bonchev–Trinajstić information content (AvgIpc) is 3.79. The molecule has 0 aromatic carbocycles. The molecule has 0 radical (unpaired) electrons. The van der Waals surface area contributed by atoms with E-state index in [-0.39, 0.29) is 11.8 Å². The van der Waals surface area contributed by atoms with Crippen LogP contribution in [0.15, 0.2) is 18.3 Å². The molecule has 0 spiro atoms. The van der Waals surface area contributed by atoms with Crippen LogP contribution >= 0.6 is 10.0 Å². The van der Waals surface area contributed by atoms with Crippen LogP contribution in [0.2, 0.25) is 0 Å². The molecule has 41 heavy (non-hydrogen) atoms. The number of hydrogen-bond donors (Lipinski definition) is 2. The standard InChI is InChI=1S/C31H49N5O4S/c1-9-25-26(20(2)35-36(25)19-39-16-17-41(6,7)8)24-15-14-23(18-32-24)33-29(37)28(34-30(38)40-31(3,4)5)27(21-10-11-21)22-12-13-22/h14-15,18,21-22,27-28H,9-13,16-17,19H2,1-8H3,(H,33,37)(H,34,38). The Morgan fingerprint density at radius 2 is 1.78 bits per heavy atom. The van der Waals surface area contributed by atoms with Crippen LogP contribution in [0.4, 0.5) is 10.5 Å². The highest BCUT2D eigenvalue weighted by atomic mass is 32.3. The maximum Gasteiger partial charge on any atom is 0.408 e. The molecule has 2 saturated carbocycles.